The summed E-state index contributed by atoms with van der Waals surface area (Å²) in [6.45, 7) is 0. The molecule has 0 saturated heterocycles. The van der Waals surface area contributed by atoms with Crippen LogP contribution in [0.15, 0.2) is 42.5 Å². The molecule has 2 aromatic rings. The van der Waals surface area contributed by atoms with Crippen LogP contribution in [0.1, 0.15) is 10.4 Å². The van der Waals surface area contributed by atoms with Crippen molar-refractivity contribution >= 4 is 34.6 Å². The highest BCUT2D eigenvalue weighted by molar-refractivity contribution is 6.34. The first-order chi connectivity index (χ1) is 10.8. The SMILES string of the molecule is CN(C(=O)c1ccc([N+](=O)[O-])c([N+](=O)[O-])c1)c1ccccc1Cl. The van der Waals surface area contributed by atoms with Crippen LogP contribution in [0.2, 0.25) is 5.02 Å². The Bertz CT molecular complexity index is 809. The van der Waals surface area contributed by atoms with E-state index in [0.717, 1.165) is 12.1 Å². The van der Waals surface area contributed by atoms with Gasteiger partial charge in [0.1, 0.15) is 0 Å². The van der Waals surface area contributed by atoms with Gasteiger partial charge in [0.05, 0.1) is 20.6 Å². The molecule has 0 saturated carbocycles. The van der Waals surface area contributed by atoms with E-state index in [1.165, 1.54) is 18.0 Å². The predicted octanol–water partition coefficient (Wildman–Crippen LogP) is 3.43. The summed E-state index contributed by atoms with van der Waals surface area (Å²) in [5.74, 6) is -0.573. The van der Waals surface area contributed by atoms with Crippen molar-refractivity contribution < 1.29 is 14.6 Å². The summed E-state index contributed by atoms with van der Waals surface area (Å²) in [6.07, 6.45) is 0. The Morgan fingerprint density at radius 2 is 1.65 bits per heavy atom. The summed E-state index contributed by atoms with van der Waals surface area (Å²) in [5, 5.41) is 22.1. The molecule has 2 rings (SSSR count). The molecule has 9 heteroatoms. The van der Waals surface area contributed by atoms with E-state index in [0.29, 0.717) is 10.7 Å². The number of nitro benzene ring substituents is 2. The number of para-hydroxylation sites is 1. The molecule has 118 valence electrons. The molecule has 8 nitrogen and oxygen atoms in total. The summed E-state index contributed by atoms with van der Waals surface area (Å²) < 4.78 is 0. The zero-order valence-corrected chi connectivity index (χ0v) is 12.6. The van der Waals surface area contributed by atoms with Gasteiger partial charge in [0.25, 0.3) is 5.91 Å². The van der Waals surface area contributed by atoms with Crippen LogP contribution in [-0.2, 0) is 0 Å². The lowest BCUT2D eigenvalue weighted by molar-refractivity contribution is -0.422. The van der Waals surface area contributed by atoms with E-state index in [1.54, 1.807) is 24.3 Å². The minimum absolute atomic E-state index is 0.0512. The van der Waals surface area contributed by atoms with Crippen molar-refractivity contribution in [2.45, 2.75) is 0 Å². The number of hydrogen-bond acceptors (Lipinski definition) is 5. The molecule has 0 aromatic heterocycles. The zero-order chi connectivity index (χ0) is 17.1. The van der Waals surface area contributed by atoms with Gasteiger partial charge >= 0.3 is 11.4 Å². The molecular formula is C14H10ClN3O5. The number of halogens is 1. The molecule has 1 amide bonds. The average molecular weight is 336 g/mol. The van der Waals surface area contributed by atoms with Crippen molar-refractivity contribution in [3.63, 3.8) is 0 Å². The molecule has 0 aliphatic heterocycles. The summed E-state index contributed by atoms with van der Waals surface area (Å²) in [4.78, 5) is 33.6. The fourth-order valence-electron chi connectivity index (χ4n) is 1.98. The molecule has 23 heavy (non-hydrogen) atoms. The molecule has 0 fully saturated rings. The molecule has 2 aromatic carbocycles. The first-order valence-corrected chi connectivity index (χ1v) is 6.66. The predicted molar refractivity (Wildman–Crippen MR) is 83.9 cm³/mol. The minimum Gasteiger partial charge on any atom is -0.310 e. The van der Waals surface area contributed by atoms with Gasteiger partial charge in [0, 0.05) is 24.7 Å². The second kappa shape index (κ2) is 6.41. The van der Waals surface area contributed by atoms with E-state index in [1.807, 2.05) is 0 Å². The highest BCUT2D eigenvalue weighted by atomic mass is 35.5. The van der Waals surface area contributed by atoms with Crippen molar-refractivity contribution in [1.82, 2.24) is 0 Å². The number of amides is 1. The van der Waals surface area contributed by atoms with Crippen molar-refractivity contribution in [1.29, 1.82) is 0 Å². The molecule has 0 radical (unpaired) electrons. The second-order valence-electron chi connectivity index (χ2n) is 4.53. The van der Waals surface area contributed by atoms with Crippen molar-refractivity contribution in [2.75, 3.05) is 11.9 Å². The third kappa shape index (κ3) is 3.27. The van der Waals surface area contributed by atoms with E-state index < -0.39 is 27.1 Å². The van der Waals surface area contributed by atoms with Gasteiger partial charge in [0.15, 0.2) is 0 Å². The highest BCUT2D eigenvalue weighted by Crippen LogP contribution is 2.30. The molecule has 0 spiro atoms. The topological polar surface area (TPSA) is 107 Å². The van der Waals surface area contributed by atoms with Crippen LogP contribution < -0.4 is 4.90 Å². The second-order valence-corrected chi connectivity index (χ2v) is 4.94. The number of nitro groups is 2. The summed E-state index contributed by atoms with van der Waals surface area (Å²) in [6, 6.07) is 9.57. The van der Waals surface area contributed by atoms with Crippen LogP contribution >= 0.6 is 11.6 Å². The van der Waals surface area contributed by atoms with Gasteiger partial charge in [-0.05, 0) is 18.2 Å². The van der Waals surface area contributed by atoms with Crippen LogP contribution in [0.4, 0.5) is 17.1 Å². The van der Waals surface area contributed by atoms with Crippen LogP contribution in [0.25, 0.3) is 0 Å². The maximum Gasteiger partial charge on any atom is 0.346 e. The number of carbonyl (C=O) groups excluding carboxylic acids is 1. The Kier molecular flexibility index (Phi) is 4.56. The van der Waals surface area contributed by atoms with Crippen LogP contribution in [0, 0.1) is 20.2 Å². The highest BCUT2D eigenvalue weighted by Gasteiger charge is 2.27. The van der Waals surface area contributed by atoms with Crippen LogP contribution in [0.3, 0.4) is 0 Å². The van der Waals surface area contributed by atoms with Gasteiger partial charge in [-0.1, -0.05) is 23.7 Å². The first kappa shape index (κ1) is 16.4. The number of hydrogen-bond donors (Lipinski definition) is 0. The van der Waals surface area contributed by atoms with E-state index >= 15 is 0 Å². The van der Waals surface area contributed by atoms with Gasteiger partial charge in [-0.3, -0.25) is 25.0 Å². The normalized spacial score (nSPS) is 10.2. The molecular weight excluding hydrogens is 326 g/mol. The molecule has 0 heterocycles. The maximum absolute atomic E-state index is 12.4. The van der Waals surface area contributed by atoms with E-state index in [4.69, 9.17) is 11.6 Å². The van der Waals surface area contributed by atoms with Gasteiger partial charge in [-0.25, -0.2) is 0 Å². The number of benzene rings is 2. The van der Waals surface area contributed by atoms with Gasteiger partial charge < -0.3 is 4.90 Å². The summed E-state index contributed by atoms with van der Waals surface area (Å²) >= 11 is 6.01. The first-order valence-electron chi connectivity index (χ1n) is 6.28. The zero-order valence-electron chi connectivity index (χ0n) is 11.8. The fraction of sp³-hybridized carbons (Fsp3) is 0.0714. The summed E-state index contributed by atoms with van der Waals surface area (Å²) in [7, 11) is 1.46. The van der Waals surface area contributed by atoms with Crippen molar-refractivity contribution in [2.24, 2.45) is 0 Å². The van der Waals surface area contributed by atoms with Gasteiger partial charge in [-0.2, -0.15) is 0 Å². The van der Waals surface area contributed by atoms with Crippen LogP contribution in [0.5, 0.6) is 0 Å². The van der Waals surface area contributed by atoms with Gasteiger partial charge in [-0.15, -0.1) is 0 Å². The lowest BCUT2D eigenvalue weighted by atomic mass is 10.1. The average Bonchev–Trinajstić information content (AvgIpc) is 2.53. The third-order valence-electron chi connectivity index (χ3n) is 3.13. The lowest BCUT2D eigenvalue weighted by Crippen LogP contribution is -2.26. The molecule has 0 bridgehead atoms. The van der Waals surface area contributed by atoms with Crippen LogP contribution in [-0.4, -0.2) is 22.8 Å². The smallest absolute Gasteiger partial charge is 0.310 e. The maximum atomic E-state index is 12.4. The van der Waals surface area contributed by atoms with Crippen molar-refractivity contribution in [3.05, 3.63) is 73.3 Å². The molecule has 0 aliphatic carbocycles. The summed E-state index contributed by atoms with van der Waals surface area (Å²) in [5.41, 5.74) is -1.05. The monoisotopic (exact) mass is 335 g/mol. The Morgan fingerprint density at radius 1 is 1.04 bits per heavy atom. The number of rotatable bonds is 4. The molecule has 0 aliphatic rings. The Labute approximate surface area is 135 Å². The third-order valence-corrected chi connectivity index (χ3v) is 3.45. The standard InChI is InChI=1S/C14H10ClN3O5/c1-16(11-5-3-2-4-10(11)15)14(19)9-6-7-12(17(20)21)13(8-9)18(22)23/h2-8H,1H3. The fourth-order valence-corrected chi connectivity index (χ4v) is 2.25. The largest absolute Gasteiger partial charge is 0.346 e. The Morgan fingerprint density at radius 3 is 2.22 bits per heavy atom. The number of carbonyl (C=O) groups is 1. The Hall–Kier alpha value is -3.00. The Balaban J connectivity index is 2.44. The minimum atomic E-state index is -0.898. The molecule has 0 unspecified atom stereocenters. The van der Waals surface area contributed by atoms with E-state index in [2.05, 4.69) is 0 Å². The number of nitrogens with zero attached hydrogens (tertiary/aromatic N) is 3. The molecule has 0 N–H and O–H groups in total. The van der Waals surface area contributed by atoms with E-state index in [-0.39, 0.29) is 5.56 Å². The van der Waals surface area contributed by atoms with Gasteiger partial charge in [0.2, 0.25) is 0 Å². The van der Waals surface area contributed by atoms with Crippen molar-refractivity contribution in [3.8, 4) is 0 Å². The number of anilines is 1. The van der Waals surface area contributed by atoms with E-state index in [9.17, 15) is 25.0 Å². The lowest BCUT2D eigenvalue weighted by Gasteiger charge is -2.18. The quantitative estimate of drug-likeness (QED) is 0.628. The molecule has 0 atom stereocenters.